The number of piperazine rings is 1. The number of hydrogen-bond acceptors (Lipinski definition) is 3. The van der Waals surface area contributed by atoms with Gasteiger partial charge in [0, 0.05) is 20.1 Å². The normalized spacial score (nSPS) is 19.3. The molecule has 5 nitrogen and oxygen atoms in total. The molecule has 0 saturated carbocycles. The summed E-state index contributed by atoms with van der Waals surface area (Å²) in [5.41, 5.74) is 5.72. The van der Waals surface area contributed by atoms with Crippen LogP contribution < -0.4 is 5.73 Å². The molecule has 1 fully saturated rings. The lowest BCUT2D eigenvalue weighted by Crippen LogP contribution is -2.54. The number of amides is 2. The fourth-order valence-electron chi connectivity index (χ4n) is 1.62. The van der Waals surface area contributed by atoms with Crippen molar-refractivity contribution in [2.75, 3.05) is 26.7 Å². The Morgan fingerprint density at radius 2 is 2.20 bits per heavy atom. The minimum Gasteiger partial charge on any atom is -0.342 e. The first-order chi connectivity index (χ1) is 7.06. The van der Waals surface area contributed by atoms with E-state index in [0.717, 1.165) is 6.42 Å². The first-order valence-corrected chi connectivity index (χ1v) is 5.34. The highest BCUT2D eigenvalue weighted by atomic mass is 16.2. The molecule has 0 bridgehead atoms. The van der Waals surface area contributed by atoms with Crippen molar-refractivity contribution in [2.24, 2.45) is 5.73 Å². The third kappa shape index (κ3) is 2.92. The molecule has 0 aromatic carbocycles. The van der Waals surface area contributed by atoms with Gasteiger partial charge in [0.15, 0.2) is 0 Å². The van der Waals surface area contributed by atoms with E-state index < -0.39 is 6.04 Å². The number of hydrogen-bond donors (Lipinski definition) is 1. The summed E-state index contributed by atoms with van der Waals surface area (Å²) in [6.07, 6.45) is 1.56. The average Bonchev–Trinajstić information content (AvgIpc) is 2.21. The predicted octanol–water partition coefficient (Wildman–Crippen LogP) is -0.586. The standard InChI is InChI=1S/C10H19N3O2/c1-3-4-8(11)10(15)13-6-5-12(2)9(14)7-13/h8H,3-7,11H2,1-2H3. The Morgan fingerprint density at radius 1 is 1.53 bits per heavy atom. The molecule has 2 N–H and O–H groups in total. The summed E-state index contributed by atoms with van der Waals surface area (Å²) < 4.78 is 0. The van der Waals surface area contributed by atoms with Crippen molar-refractivity contribution in [3.05, 3.63) is 0 Å². The van der Waals surface area contributed by atoms with E-state index in [1.165, 1.54) is 0 Å². The van der Waals surface area contributed by atoms with Crippen LogP contribution in [0.1, 0.15) is 19.8 Å². The highest BCUT2D eigenvalue weighted by molar-refractivity contribution is 5.88. The average molecular weight is 213 g/mol. The molecule has 1 atom stereocenters. The minimum atomic E-state index is -0.453. The highest BCUT2D eigenvalue weighted by Crippen LogP contribution is 2.05. The third-order valence-corrected chi connectivity index (χ3v) is 2.69. The lowest BCUT2D eigenvalue weighted by atomic mass is 10.1. The second-order valence-corrected chi connectivity index (χ2v) is 3.97. The largest absolute Gasteiger partial charge is 0.342 e. The molecule has 1 rings (SSSR count). The predicted molar refractivity (Wildman–Crippen MR) is 57.1 cm³/mol. The van der Waals surface area contributed by atoms with Gasteiger partial charge in [-0.05, 0) is 6.42 Å². The molecule has 0 aliphatic carbocycles. The number of rotatable bonds is 3. The van der Waals surface area contributed by atoms with Crippen molar-refractivity contribution in [1.82, 2.24) is 9.80 Å². The van der Waals surface area contributed by atoms with E-state index in [1.807, 2.05) is 6.92 Å². The van der Waals surface area contributed by atoms with E-state index in [2.05, 4.69) is 0 Å². The van der Waals surface area contributed by atoms with Crippen LogP contribution >= 0.6 is 0 Å². The highest BCUT2D eigenvalue weighted by Gasteiger charge is 2.27. The van der Waals surface area contributed by atoms with E-state index in [0.29, 0.717) is 19.5 Å². The van der Waals surface area contributed by atoms with Gasteiger partial charge in [0.25, 0.3) is 0 Å². The maximum Gasteiger partial charge on any atom is 0.241 e. The van der Waals surface area contributed by atoms with E-state index >= 15 is 0 Å². The van der Waals surface area contributed by atoms with Crippen LogP contribution in [-0.2, 0) is 9.59 Å². The quantitative estimate of drug-likeness (QED) is 0.681. The second-order valence-electron chi connectivity index (χ2n) is 3.97. The molecule has 86 valence electrons. The van der Waals surface area contributed by atoms with Crippen LogP contribution in [0.5, 0.6) is 0 Å². The molecule has 0 radical (unpaired) electrons. The number of carbonyl (C=O) groups excluding carboxylic acids is 2. The molecule has 1 aliphatic heterocycles. The van der Waals surface area contributed by atoms with Crippen molar-refractivity contribution in [3.8, 4) is 0 Å². The lowest BCUT2D eigenvalue weighted by Gasteiger charge is -2.33. The topological polar surface area (TPSA) is 66.6 Å². The summed E-state index contributed by atoms with van der Waals surface area (Å²) in [6, 6.07) is -0.453. The smallest absolute Gasteiger partial charge is 0.241 e. The van der Waals surface area contributed by atoms with Crippen molar-refractivity contribution in [1.29, 1.82) is 0 Å². The first-order valence-electron chi connectivity index (χ1n) is 5.34. The molecular formula is C10H19N3O2. The van der Waals surface area contributed by atoms with Gasteiger partial charge in [-0.15, -0.1) is 0 Å². The number of carbonyl (C=O) groups is 2. The van der Waals surface area contributed by atoms with Gasteiger partial charge in [0.2, 0.25) is 11.8 Å². The molecular weight excluding hydrogens is 194 g/mol. The van der Waals surface area contributed by atoms with Crippen molar-refractivity contribution >= 4 is 11.8 Å². The molecule has 15 heavy (non-hydrogen) atoms. The maximum absolute atomic E-state index is 11.8. The molecule has 0 aromatic heterocycles. The van der Waals surface area contributed by atoms with Crippen LogP contribution in [0.25, 0.3) is 0 Å². The number of nitrogens with two attached hydrogens (primary N) is 1. The van der Waals surface area contributed by atoms with Crippen LogP contribution in [0.4, 0.5) is 0 Å². The van der Waals surface area contributed by atoms with Crippen molar-refractivity contribution in [2.45, 2.75) is 25.8 Å². The zero-order valence-corrected chi connectivity index (χ0v) is 9.40. The van der Waals surface area contributed by atoms with E-state index in [1.54, 1.807) is 16.8 Å². The van der Waals surface area contributed by atoms with Gasteiger partial charge in [0.05, 0.1) is 12.6 Å². The molecule has 1 unspecified atom stereocenters. The molecule has 0 spiro atoms. The lowest BCUT2D eigenvalue weighted by molar-refractivity contribution is -0.145. The fourth-order valence-corrected chi connectivity index (χ4v) is 1.62. The van der Waals surface area contributed by atoms with E-state index in [9.17, 15) is 9.59 Å². The maximum atomic E-state index is 11.8. The zero-order valence-electron chi connectivity index (χ0n) is 9.40. The SMILES string of the molecule is CCCC(N)C(=O)N1CCN(C)C(=O)C1. The van der Waals surface area contributed by atoms with Crippen LogP contribution in [0, 0.1) is 0 Å². The summed E-state index contributed by atoms with van der Waals surface area (Å²) in [7, 11) is 1.75. The van der Waals surface area contributed by atoms with Crippen LogP contribution in [0.2, 0.25) is 0 Å². The first kappa shape index (κ1) is 12.0. The van der Waals surface area contributed by atoms with Gasteiger partial charge in [-0.1, -0.05) is 13.3 Å². The molecule has 5 heteroatoms. The Hall–Kier alpha value is -1.10. The van der Waals surface area contributed by atoms with Gasteiger partial charge < -0.3 is 15.5 Å². The van der Waals surface area contributed by atoms with Crippen LogP contribution in [0.15, 0.2) is 0 Å². The fraction of sp³-hybridized carbons (Fsp3) is 0.800. The Morgan fingerprint density at radius 3 is 2.73 bits per heavy atom. The Labute approximate surface area is 90.2 Å². The monoisotopic (exact) mass is 213 g/mol. The molecule has 2 amide bonds. The number of nitrogens with zero attached hydrogens (tertiary/aromatic N) is 2. The van der Waals surface area contributed by atoms with Crippen LogP contribution in [0.3, 0.4) is 0 Å². The van der Waals surface area contributed by atoms with Gasteiger partial charge in [-0.3, -0.25) is 9.59 Å². The number of likely N-dealkylation sites (N-methyl/N-ethyl adjacent to an activating group) is 1. The molecule has 0 aromatic rings. The van der Waals surface area contributed by atoms with Gasteiger partial charge >= 0.3 is 0 Å². The summed E-state index contributed by atoms with van der Waals surface area (Å²) in [4.78, 5) is 26.3. The summed E-state index contributed by atoms with van der Waals surface area (Å²) >= 11 is 0. The summed E-state index contributed by atoms with van der Waals surface area (Å²) in [6.45, 7) is 3.36. The van der Waals surface area contributed by atoms with Gasteiger partial charge in [-0.25, -0.2) is 0 Å². The third-order valence-electron chi connectivity index (χ3n) is 2.69. The summed E-state index contributed by atoms with van der Waals surface area (Å²) in [5.74, 6) is -0.114. The molecule has 1 aliphatic rings. The molecule has 1 heterocycles. The Kier molecular flexibility index (Phi) is 4.08. The molecule has 1 saturated heterocycles. The van der Waals surface area contributed by atoms with Gasteiger partial charge in [0.1, 0.15) is 0 Å². The van der Waals surface area contributed by atoms with Crippen molar-refractivity contribution in [3.63, 3.8) is 0 Å². The van der Waals surface area contributed by atoms with E-state index in [4.69, 9.17) is 5.73 Å². The van der Waals surface area contributed by atoms with Crippen molar-refractivity contribution < 1.29 is 9.59 Å². The van der Waals surface area contributed by atoms with E-state index in [-0.39, 0.29) is 18.4 Å². The zero-order chi connectivity index (χ0) is 11.4. The Bertz CT molecular complexity index is 255. The van der Waals surface area contributed by atoms with Gasteiger partial charge in [-0.2, -0.15) is 0 Å². The second kappa shape index (κ2) is 5.11. The summed E-state index contributed by atoms with van der Waals surface area (Å²) in [5, 5.41) is 0. The minimum absolute atomic E-state index is 0.0155. The Balaban J connectivity index is 2.50. The van der Waals surface area contributed by atoms with Crippen LogP contribution in [-0.4, -0.2) is 54.3 Å².